The predicted molar refractivity (Wildman–Crippen MR) is 81.2 cm³/mol. The van der Waals surface area contributed by atoms with Crippen LogP contribution in [0.3, 0.4) is 0 Å². The quantitative estimate of drug-likeness (QED) is 0.745. The van der Waals surface area contributed by atoms with Crippen molar-refractivity contribution in [1.82, 2.24) is 0 Å². The first-order chi connectivity index (χ1) is 9.50. The number of benzene rings is 2. The Labute approximate surface area is 125 Å². The standard InChI is InChI=1S/C16H12BrNO2/c1-9-6-7-11-12(8-9)16(20)18(15(11)19)13-5-3-4-10(2)14(13)17/h3-8H,1-2H3. The van der Waals surface area contributed by atoms with Crippen LogP contribution in [0.5, 0.6) is 0 Å². The third kappa shape index (κ3) is 1.79. The topological polar surface area (TPSA) is 37.4 Å². The van der Waals surface area contributed by atoms with Gasteiger partial charge in [0, 0.05) is 4.47 Å². The van der Waals surface area contributed by atoms with Crippen LogP contribution in [0, 0.1) is 13.8 Å². The lowest BCUT2D eigenvalue weighted by atomic mass is 10.1. The number of nitrogens with zero attached hydrogens (tertiary/aromatic N) is 1. The molecule has 0 saturated carbocycles. The summed E-state index contributed by atoms with van der Waals surface area (Å²) in [5.74, 6) is -0.531. The van der Waals surface area contributed by atoms with Crippen LogP contribution >= 0.6 is 15.9 Å². The zero-order chi connectivity index (χ0) is 14.4. The number of amides is 2. The fourth-order valence-corrected chi connectivity index (χ4v) is 2.82. The summed E-state index contributed by atoms with van der Waals surface area (Å²) in [6.07, 6.45) is 0. The van der Waals surface area contributed by atoms with Gasteiger partial charge in [-0.05, 0) is 53.5 Å². The molecule has 0 atom stereocenters. The van der Waals surface area contributed by atoms with Crippen molar-refractivity contribution in [3.05, 3.63) is 63.1 Å². The molecule has 4 heteroatoms. The van der Waals surface area contributed by atoms with Crippen molar-refractivity contribution in [3.63, 3.8) is 0 Å². The Morgan fingerprint density at radius 3 is 2.40 bits per heavy atom. The van der Waals surface area contributed by atoms with E-state index in [9.17, 15) is 9.59 Å². The molecule has 0 bridgehead atoms. The van der Waals surface area contributed by atoms with E-state index in [2.05, 4.69) is 15.9 Å². The molecule has 0 fully saturated rings. The number of hydrogen-bond donors (Lipinski definition) is 0. The van der Waals surface area contributed by atoms with Crippen molar-refractivity contribution in [2.75, 3.05) is 4.90 Å². The molecule has 1 heterocycles. The summed E-state index contributed by atoms with van der Waals surface area (Å²) in [5, 5.41) is 0. The highest BCUT2D eigenvalue weighted by atomic mass is 79.9. The Hall–Kier alpha value is -1.94. The van der Waals surface area contributed by atoms with Gasteiger partial charge in [0.25, 0.3) is 11.8 Å². The number of carbonyl (C=O) groups is 2. The van der Waals surface area contributed by atoms with E-state index in [1.165, 1.54) is 4.90 Å². The fraction of sp³-hybridized carbons (Fsp3) is 0.125. The monoisotopic (exact) mass is 329 g/mol. The highest BCUT2D eigenvalue weighted by Gasteiger charge is 2.37. The van der Waals surface area contributed by atoms with E-state index in [0.717, 1.165) is 15.6 Å². The maximum atomic E-state index is 12.5. The molecule has 0 aromatic heterocycles. The highest BCUT2D eigenvalue weighted by Crippen LogP contribution is 2.35. The van der Waals surface area contributed by atoms with Crippen LogP contribution in [0.15, 0.2) is 40.9 Å². The molecule has 0 aliphatic carbocycles. The predicted octanol–water partition coefficient (Wildman–Crippen LogP) is 3.87. The molecule has 2 aromatic carbocycles. The zero-order valence-corrected chi connectivity index (χ0v) is 12.7. The van der Waals surface area contributed by atoms with Crippen molar-refractivity contribution in [3.8, 4) is 0 Å². The van der Waals surface area contributed by atoms with Crippen LogP contribution in [-0.4, -0.2) is 11.8 Å². The van der Waals surface area contributed by atoms with Crippen LogP contribution in [0.25, 0.3) is 0 Å². The van der Waals surface area contributed by atoms with Crippen molar-refractivity contribution < 1.29 is 9.59 Å². The molecule has 1 aliphatic heterocycles. The Kier molecular flexibility index (Phi) is 2.98. The van der Waals surface area contributed by atoms with Gasteiger partial charge in [0.05, 0.1) is 16.8 Å². The minimum atomic E-state index is -0.267. The van der Waals surface area contributed by atoms with Crippen LogP contribution in [0.2, 0.25) is 0 Å². The van der Waals surface area contributed by atoms with Gasteiger partial charge in [0.2, 0.25) is 0 Å². The Morgan fingerprint density at radius 1 is 0.950 bits per heavy atom. The number of rotatable bonds is 1. The van der Waals surface area contributed by atoms with E-state index in [4.69, 9.17) is 0 Å². The van der Waals surface area contributed by atoms with Crippen LogP contribution in [0.4, 0.5) is 5.69 Å². The second-order valence-electron chi connectivity index (χ2n) is 4.90. The molecule has 0 saturated heterocycles. The van der Waals surface area contributed by atoms with Crippen LogP contribution < -0.4 is 4.90 Å². The molecule has 3 rings (SSSR count). The molecule has 100 valence electrons. The van der Waals surface area contributed by atoms with E-state index in [0.29, 0.717) is 16.8 Å². The number of halogens is 1. The molecule has 2 aromatic rings. The zero-order valence-electron chi connectivity index (χ0n) is 11.1. The minimum absolute atomic E-state index is 0.264. The second kappa shape index (κ2) is 4.56. The summed E-state index contributed by atoms with van der Waals surface area (Å²) < 4.78 is 0.770. The molecule has 20 heavy (non-hydrogen) atoms. The van der Waals surface area contributed by atoms with E-state index >= 15 is 0 Å². The van der Waals surface area contributed by atoms with E-state index < -0.39 is 0 Å². The molecule has 2 amide bonds. The molecule has 0 radical (unpaired) electrons. The number of carbonyl (C=O) groups excluding carboxylic acids is 2. The van der Waals surface area contributed by atoms with Gasteiger partial charge in [-0.1, -0.05) is 23.8 Å². The van der Waals surface area contributed by atoms with Crippen LogP contribution in [0.1, 0.15) is 31.8 Å². The van der Waals surface area contributed by atoms with E-state index in [-0.39, 0.29) is 11.8 Å². The summed E-state index contributed by atoms with van der Waals surface area (Å²) in [4.78, 5) is 26.2. The normalized spacial score (nSPS) is 13.8. The van der Waals surface area contributed by atoms with Gasteiger partial charge in [-0.15, -0.1) is 0 Å². The smallest absolute Gasteiger partial charge is 0.266 e. The maximum absolute atomic E-state index is 12.5. The minimum Gasteiger partial charge on any atom is -0.268 e. The third-order valence-electron chi connectivity index (χ3n) is 3.45. The number of imide groups is 1. The first-order valence-electron chi connectivity index (χ1n) is 6.25. The molecule has 0 unspecified atom stereocenters. The van der Waals surface area contributed by atoms with Crippen molar-refractivity contribution in [2.24, 2.45) is 0 Å². The molecule has 0 N–H and O–H groups in total. The SMILES string of the molecule is Cc1ccc2c(c1)C(=O)N(c1cccc(C)c1Br)C2=O. The van der Waals surface area contributed by atoms with Crippen molar-refractivity contribution in [2.45, 2.75) is 13.8 Å². The second-order valence-corrected chi connectivity index (χ2v) is 5.70. The largest absolute Gasteiger partial charge is 0.268 e. The number of aryl methyl sites for hydroxylation is 2. The Morgan fingerprint density at radius 2 is 1.65 bits per heavy atom. The summed E-state index contributed by atoms with van der Waals surface area (Å²) in [6, 6.07) is 10.9. The Bertz CT molecular complexity index is 752. The third-order valence-corrected chi connectivity index (χ3v) is 4.49. The first-order valence-corrected chi connectivity index (χ1v) is 7.04. The number of hydrogen-bond acceptors (Lipinski definition) is 2. The molecular formula is C16H12BrNO2. The number of fused-ring (bicyclic) bond motifs is 1. The van der Waals surface area contributed by atoms with Gasteiger partial charge in [0.15, 0.2) is 0 Å². The van der Waals surface area contributed by atoms with Gasteiger partial charge in [-0.3, -0.25) is 9.59 Å². The van der Waals surface area contributed by atoms with Gasteiger partial charge in [0.1, 0.15) is 0 Å². The summed E-state index contributed by atoms with van der Waals surface area (Å²) >= 11 is 3.46. The summed E-state index contributed by atoms with van der Waals surface area (Å²) in [6.45, 7) is 3.83. The summed E-state index contributed by atoms with van der Waals surface area (Å²) in [5.41, 5.74) is 3.48. The fourth-order valence-electron chi connectivity index (χ4n) is 2.38. The van der Waals surface area contributed by atoms with Gasteiger partial charge >= 0.3 is 0 Å². The Balaban J connectivity index is 2.17. The highest BCUT2D eigenvalue weighted by molar-refractivity contribution is 9.10. The molecular weight excluding hydrogens is 318 g/mol. The van der Waals surface area contributed by atoms with E-state index in [1.807, 2.05) is 32.0 Å². The lowest BCUT2D eigenvalue weighted by Crippen LogP contribution is -2.29. The van der Waals surface area contributed by atoms with Crippen molar-refractivity contribution >= 4 is 33.4 Å². The van der Waals surface area contributed by atoms with Crippen molar-refractivity contribution in [1.29, 1.82) is 0 Å². The number of anilines is 1. The lowest BCUT2D eigenvalue weighted by Gasteiger charge is -2.16. The van der Waals surface area contributed by atoms with Gasteiger partial charge < -0.3 is 0 Å². The van der Waals surface area contributed by atoms with Crippen LogP contribution in [-0.2, 0) is 0 Å². The summed E-state index contributed by atoms with van der Waals surface area (Å²) in [7, 11) is 0. The average molecular weight is 330 g/mol. The van der Waals surface area contributed by atoms with Gasteiger partial charge in [-0.2, -0.15) is 0 Å². The molecule has 1 aliphatic rings. The van der Waals surface area contributed by atoms with Gasteiger partial charge in [-0.25, -0.2) is 4.90 Å². The lowest BCUT2D eigenvalue weighted by molar-refractivity contribution is 0.0926. The maximum Gasteiger partial charge on any atom is 0.266 e. The molecule has 3 nitrogen and oxygen atoms in total. The average Bonchev–Trinajstić information content (AvgIpc) is 2.65. The van der Waals surface area contributed by atoms with E-state index in [1.54, 1.807) is 18.2 Å². The molecule has 0 spiro atoms. The first kappa shape index (κ1) is 13.1.